The molecule has 1 aliphatic heterocycles. The Balaban J connectivity index is 1.41. The van der Waals surface area contributed by atoms with Gasteiger partial charge in [-0.1, -0.05) is 30.7 Å². The second-order valence-electron chi connectivity index (χ2n) is 10.5. The van der Waals surface area contributed by atoms with Crippen LogP contribution in [0.4, 0.5) is 13.2 Å². The number of rotatable bonds is 8. The van der Waals surface area contributed by atoms with Crippen molar-refractivity contribution >= 4 is 15.7 Å². The fourth-order valence-corrected chi connectivity index (χ4v) is 6.89. The van der Waals surface area contributed by atoms with E-state index in [1.165, 1.54) is 24.8 Å². The van der Waals surface area contributed by atoms with Crippen molar-refractivity contribution in [1.29, 1.82) is 0 Å². The number of amides is 1. The first kappa shape index (κ1) is 29.5. The number of carbonyl (C=O) groups excluding carboxylic acids is 1. The SMILES string of the molecule is C[C@H](c1ccc2c(c1)CCC[C@@H]2NC(=O)[C@H](O)[C@H](O)CS(=O)(=O)c1cccc(C(F)(F)F)c1)N1CCCCC1. The predicted molar refractivity (Wildman–Crippen MR) is 140 cm³/mol. The summed E-state index contributed by atoms with van der Waals surface area (Å²) < 4.78 is 64.2. The van der Waals surface area contributed by atoms with Gasteiger partial charge in [-0.05, 0) is 87.0 Å². The summed E-state index contributed by atoms with van der Waals surface area (Å²) in [5.41, 5.74) is 2.08. The van der Waals surface area contributed by atoms with Crippen molar-refractivity contribution in [3.05, 3.63) is 64.7 Å². The number of benzene rings is 2. The maximum absolute atomic E-state index is 13.0. The minimum Gasteiger partial charge on any atom is -0.389 e. The minimum atomic E-state index is -4.74. The Morgan fingerprint density at radius 1 is 1.08 bits per heavy atom. The van der Waals surface area contributed by atoms with E-state index in [1.807, 2.05) is 6.07 Å². The third kappa shape index (κ3) is 7.00. The predicted octanol–water partition coefficient (Wildman–Crippen LogP) is 3.94. The molecule has 214 valence electrons. The summed E-state index contributed by atoms with van der Waals surface area (Å²) >= 11 is 0. The average Bonchev–Trinajstić information content (AvgIpc) is 2.92. The monoisotopic (exact) mass is 568 g/mol. The molecule has 1 fully saturated rings. The molecule has 2 aromatic rings. The van der Waals surface area contributed by atoms with Gasteiger partial charge in [0.15, 0.2) is 15.9 Å². The van der Waals surface area contributed by atoms with Crippen LogP contribution in [0.25, 0.3) is 0 Å². The van der Waals surface area contributed by atoms with Crippen LogP contribution in [0.3, 0.4) is 0 Å². The van der Waals surface area contributed by atoms with Crippen LogP contribution in [0, 0.1) is 0 Å². The molecular weight excluding hydrogens is 533 g/mol. The number of aliphatic hydroxyl groups excluding tert-OH is 2. The minimum absolute atomic E-state index is 0.279. The largest absolute Gasteiger partial charge is 0.416 e. The Hall–Kier alpha value is -2.47. The number of carbonyl (C=O) groups is 1. The fraction of sp³-hybridized carbons (Fsp3) is 0.536. The van der Waals surface area contributed by atoms with Crippen molar-refractivity contribution in [1.82, 2.24) is 10.2 Å². The van der Waals surface area contributed by atoms with Gasteiger partial charge in [-0.2, -0.15) is 13.2 Å². The van der Waals surface area contributed by atoms with Crippen molar-refractivity contribution in [2.45, 2.75) is 80.8 Å². The number of likely N-dealkylation sites (tertiary alicyclic amines) is 1. The highest BCUT2D eigenvalue weighted by Gasteiger charge is 2.35. The van der Waals surface area contributed by atoms with Crippen LogP contribution in [0.15, 0.2) is 47.4 Å². The number of alkyl halides is 3. The molecule has 0 saturated carbocycles. The first-order valence-electron chi connectivity index (χ1n) is 13.3. The number of piperidine rings is 1. The molecule has 11 heteroatoms. The summed E-state index contributed by atoms with van der Waals surface area (Å²) in [4.78, 5) is 14.6. The van der Waals surface area contributed by atoms with Gasteiger partial charge in [0.25, 0.3) is 5.91 Å². The number of sulfone groups is 1. The molecule has 1 aliphatic carbocycles. The molecule has 0 aromatic heterocycles. The lowest BCUT2D eigenvalue weighted by Gasteiger charge is -2.34. The molecule has 2 aliphatic rings. The van der Waals surface area contributed by atoms with Crippen molar-refractivity contribution < 1.29 is 36.6 Å². The van der Waals surface area contributed by atoms with Crippen molar-refractivity contribution in [3.8, 4) is 0 Å². The molecular formula is C28H35F3N2O5S. The molecule has 0 radical (unpaired) electrons. The fourth-order valence-electron chi connectivity index (χ4n) is 5.47. The number of fused-ring (bicyclic) bond motifs is 1. The van der Waals surface area contributed by atoms with E-state index in [-0.39, 0.29) is 6.04 Å². The molecule has 0 spiro atoms. The molecule has 1 amide bonds. The molecule has 7 nitrogen and oxygen atoms in total. The summed E-state index contributed by atoms with van der Waals surface area (Å²) in [6.45, 7) is 4.33. The number of nitrogens with zero attached hydrogens (tertiary/aromatic N) is 1. The Morgan fingerprint density at radius 2 is 1.79 bits per heavy atom. The molecule has 0 bridgehead atoms. The van der Waals surface area contributed by atoms with Gasteiger partial charge >= 0.3 is 6.18 Å². The maximum Gasteiger partial charge on any atom is 0.416 e. The lowest BCUT2D eigenvalue weighted by molar-refractivity contribution is -0.137. The molecule has 4 rings (SSSR count). The van der Waals surface area contributed by atoms with E-state index in [1.54, 1.807) is 0 Å². The van der Waals surface area contributed by atoms with Crippen LogP contribution >= 0.6 is 0 Å². The number of hydrogen-bond donors (Lipinski definition) is 3. The number of aryl methyl sites for hydroxylation is 1. The van der Waals surface area contributed by atoms with Gasteiger partial charge < -0.3 is 15.5 Å². The van der Waals surface area contributed by atoms with Gasteiger partial charge in [0.1, 0.15) is 6.10 Å². The van der Waals surface area contributed by atoms with E-state index in [0.29, 0.717) is 12.5 Å². The van der Waals surface area contributed by atoms with Crippen LogP contribution in [0.1, 0.15) is 73.4 Å². The topological polar surface area (TPSA) is 107 Å². The van der Waals surface area contributed by atoms with E-state index in [0.717, 1.165) is 55.3 Å². The number of aliphatic hydroxyl groups is 2. The highest BCUT2D eigenvalue weighted by atomic mass is 32.2. The molecule has 4 atom stereocenters. The van der Waals surface area contributed by atoms with Gasteiger partial charge in [-0.25, -0.2) is 8.42 Å². The lowest BCUT2D eigenvalue weighted by Crippen LogP contribution is -2.46. The Labute approximate surface area is 226 Å². The third-order valence-corrected chi connectivity index (χ3v) is 9.51. The number of hydrogen-bond acceptors (Lipinski definition) is 6. The van der Waals surface area contributed by atoms with E-state index >= 15 is 0 Å². The molecule has 1 saturated heterocycles. The van der Waals surface area contributed by atoms with Gasteiger partial charge in [0, 0.05) is 6.04 Å². The standard InChI is InChI=1S/C28H35F3N2O5S/c1-18(33-13-3-2-4-14-33)19-11-12-23-20(15-19)7-5-10-24(23)32-27(36)26(35)25(34)17-39(37,38)22-9-6-8-21(16-22)28(29,30)31/h6,8-9,11-12,15-16,18,24-26,34-35H,2-5,7,10,13-14,17H2,1H3,(H,32,36)/t18-,24+,25-,26-/m1/s1. The second kappa shape index (κ2) is 12.0. The summed E-state index contributed by atoms with van der Waals surface area (Å²) in [6, 6.07) is 9.19. The van der Waals surface area contributed by atoms with Gasteiger partial charge in [-0.3, -0.25) is 9.69 Å². The van der Waals surface area contributed by atoms with Gasteiger partial charge in [0.05, 0.1) is 22.3 Å². The second-order valence-corrected chi connectivity index (χ2v) is 12.5. The highest BCUT2D eigenvalue weighted by Crippen LogP contribution is 2.34. The quantitative estimate of drug-likeness (QED) is 0.446. The molecule has 39 heavy (non-hydrogen) atoms. The molecule has 3 N–H and O–H groups in total. The van der Waals surface area contributed by atoms with Gasteiger partial charge in [-0.15, -0.1) is 0 Å². The Morgan fingerprint density at radius 3 is 2.49 bits per heavy atom. The normalized spacial score (nSPS) is 21.0. The molecule has 0 unspecified atom stereocenters. The first-order chi connectivity index (χ1) is 18.4. The van der Waals surface area contributed by atoms with E-state index in [9.17, 15) is 36.6 Å². The van der Waals surface area contributed by atoms with Crippen molar-refractivity contribution in [2.75, 3.05) is 18.8 Å². The van der Waals surface area contributed by atoms with E-state index in [2.05, 4.69) is 29.3 Å². The summed E-state index contributed by atoms with van der Waals surface area (Å²) in [5, 5.41) is 23.5. The highest BCUT2D eigenvalue weighted by molar-refractivity contribution is 7.91. The van der Waals surface area contributed by atoms with Crippen LogP contribution < -0.4 is 5.32 Å². The van der Waals surface area contributed by atoms with Crippen LogP contribution in [0.2, 0.25) is 0 Å². The molecule has 2 aromatic carbocycles. The van der Waals surface area contributed by atoms with E-state index < -0.39 is 56.4 Å². The Bertz CT molecular complexity index is 1280. The summed E-state index contributed by atoms with van der Waals surface area (Å²) in [7, 11) is -4.42. The van der Waals surface area contributed by atoms with E-state index in [4.69, 9.17) is 0 Å². The average molecular weight is 569 g/mol. The zero-order valence-corrected chi connectivity index (χ0v) is 22.6. The van der Waals surface area contributed by atoms with Crippen LogP contribution in [0.5, 0.6) is 0 Å². The Kier molecular flexibility index (Phi) is 9.05. The smallest absolute Gasteiger partial charge is 0.389 e. The van der Waals surface area contributed by atoms with Crippen molar-refractivity contribution in [2.24, 2.45) is 0 Å². The zero-order chi connectivity index (χ0) is 28.4. The number of halogens is 3. The summed E-state index contributed by atoms with van der Waals surface area (Å²) in [5.74, 6) is -2.05. The zero-order valence-electron chi connectivity index (χ0n) is 21.8. The number of nitrogens with one attached hydrogen (secondary N) is 1. The third-order valence-electron chi connectivity index (χ3n) is 7.76. The van der Waals surface area contributed by atoms with Crippen LogP contribution in [-0.4, -0.2) is 60.5 Å². The molecule has 1 heterocycles. The first-order valence-corrected chi connectivity index (χ1v) is 15.0. The summed E-state index contributed by atoms with van der Waals surface area (Å²) in [6.07, 6.45) is -2.93. The van der Waals surface area contributed by atoms with Crippen molar-refractivity contribution in [3.63, 3.8) is 0 Å². The lowest BCUT2D eigenvalue weighted by atomic mass is 9.85. The maximum atomic E-state index is 13.0. The van der Waals surface area contributed by atoms with Gasteiger partial charge in [0.2, 0.25) is 0 Å². The van der Waals surface area contributed by atoms with Crippen LogP contribution in [-0.2, 0) is 27.2 Å².